The molecular formula is C17H21ClN4O. The molecule has 1 amide bonds. The summed E-state index contributed by atoms with van der Waals surface area (Å²) >= 11 is 5.90. The fourth-order valence-electron chi connectivity index (χ4n) is 2.87. The number of carbonyl (C=O) groups excluding carboxylic acids is 1. The van der Waals surface area contributed by atoms with E-state index in [1.807, 2.05) is 28.8 Å². The highest BCUT2D eigenvalue weighted by atomic mass is 35.5. The standard InChI is InChI=1S/C17H21ClN4O/c1-11(2)22-10-20-21-16(22)7-8-19-17(23)15-9-14(15)12-3-5-13(18)6-4-12/h3-6,10-11,14-15H,7-9H2,1-2H3,(H,19,23). The smallest absolute Gasteiger partial charge is 0.223 e. The van der Waals surface area contributed by atoms with Gasteiger partial charge < -0.3 is 9.88 Å². The Morgan fingerprint density at radius 1 is 1.39 bits per heavy atom. The SMILES string of the molecule is CC(C)n1cnnc1CCNC(=O)C1CC1c1ccc(Cl)cc1. The molecule has 1 aliphatic rings. The molecule has 1 saturated carbocycles. The molecule has 2 unspecified atom stereocenters. The van der Waals surface area contributed by atoms with Crippen LogP contribution in [-0.4, -0.2) is 27.2 Å². The third kappa shape index (κ3) is 3.72. The minimum Gasteiger partial charge on any atom is -0.355 e. The molecule has 2 atom stereocenters. The first-order valence-electron chi connectivity index (χ1n) is 7.98. The number of nitrogens with zero attached hydrogens (tertiary/aromatic N) is 3. The zero-order valence-electron chi connectivity index (χ0n) is 13.4. The van der Waals surface area contributed by atoms with Gasteiger partial charge in [0.1, 0.15) is 12.2 Å². The lowest BCUT2D eigenvalue weighted by atomic mass is 10.1. The van der Waals surface area contributed by atoms with Gasteiger partial charge in [0.2, 0.25) is 5.91 Å². The lowest BCUT2D eigenvalue weighted by Crippen LogP contribution is -2.28. The van der Waals surface area contributed by atoms with E-state index < -0.39 is 0 Å². The number of nitrogens with one attached hydrogen (secondary N) is 1. The van der Waals surface area contributed by atoms with Crippen LogP contribution in [-0.2, 0) is 11.2 Å². The predicted molar refractivity (Wildman–Crippen MR) is 89.4 cm³/mol. The van der Waals surface area contributed by atoms with Crippen LogP contribution in [0.5, 0.6) is 0 Å². The highest BCUT2D eigenvalue weighted by molar-refractivity contribution is 6.30. The molecule has 5 nitrogen and oxygen atoms in total. The van der Waals surface area contributed by atoms with E-state index in [-0.39, 0.29) is 11.8 Å². The fraction of sp³-hybridized carbons (Fsp3) is 0.471. The quantitative estimate of drug-likeness (QED) is 0.884. The summed E-state index contributed by atoms with van der Waals surface area (Å²) in [4.78, 5) is 12.2. The van der Waals surface area contributed by atoms with Crippen LogP contribution in [0.25, 0.3) is 0 Å². The summed E-state index contributed by atoms with van der Waals surface area (Å²) in [5.41, 5.74) is 1.19. The number of carbonyl (C=O) groups is 1. The van der Waals surface area contributed by atoms with Crippen LogP contribution in [0, 0.1) is 5.92 Å². The molecule has 0 radical (unpaired) electrons. The van der Waals surface area contributed by atoms with Gasteiger partial charge in [-0.1, -0.05) is 23.7 Å². The first kappa shape index (κ1) is 16.0. The van der Waals surface area contributed by atoms with Crippen molar-refractivity contribution < 1.29 is 4.79 Å². The molecule has 1 aliphatic carbocycles. The van der Waals surface area contributed by atoms with Crippen LogP contribution in [0.2, 0.25) is 5.02 Å². The Kier molecular flexibility index (Phi) is 4.66. The molecular weight excluding hydrogens is 312 g/mol. The van der Waals surface area contributed by atoms with Crippen molar-refractivity contribution in [1.82, 2.24) is 20.1 Å². The lowest BCUT2D eigenvalue weighted by Gasteiger charge is -2.10. The fourth-order valence-corrected chi connectivity index (χ4v) is 2.99. The van der Waals surface area contributed by atoms with E-state index >= 15 is 0 Å². The Balaban J connectivity index is 1.47. The van der Waals surface area contributed by atoms with E-state index in [0.29, 0.717) is 24.9 Å². The van der Waals surface area contributed by atoms with Gasteiger partial charge in [-0.25, -0.2) is 0 Å². The van der Waals surface area contributed by atoms with E-state index in [2.05, 4.69) is 29.4 Å². The van der Waals surface area contributed by atoms with Crippen LogP contribution in [0.4, 0.5) is 0 Å². The Labute approximate surface area is 141 Å². The summed E-state index contributed by atoms with van der Waals surface area (Å²) < 4.78 is 2.03. The van der Waals surface area contributed by atoms with Gasteiger partial charge >= 0.3 is 0 Å². The first-order chi connectivity index (χ1) is 11.1. The van der Waals surface area contributed by atoms with Crippen molar-refractivity contribution in [3.05, 3.63) is 47.0 Å². The number of benzene rings is 1. The van der Waals surface area contributed by atoms with Crippen molar-refractivity contribution in [2.24, 2.45) is 5.92 Å². The van der Waals surface area contributed by atoms with Crippen molar-refractivity contribution in [3.63, 3.8) is 0 Å². The number of halogens is 1. The molecule has 0 spiro atoms. The van der Waals surface area contributed by atoms with Crippen LogP contribution in [0.15, 0.2) is 30.6 Å². The van der Waals surface area contributed by atoms with Gasteiger partial charge in [-0.2, -0.15) is 0 Å². The highest BCUT2D eigenvalue weighted by Gasteiger charge is 2.43. The van der Waals surface area contributed by atoms with E-state index in [4.69, 9.17) is 11.6 Å². The van der Waals surface area contributed by atoms with Gasteiger partial charge in [0.15, 0.2) is 0 Å². The van der Waals surface area contributed by atoms with Gasteiger partial charge in [-0.15, -0.1) is 10.2 Å². The van der Waals surface area contributed by atoms with Gasteiger partial charge in [0.05, 0.1) is 0 Å². The highest BCUT2D eigenvalue weighted by Crippen LogP contribution is 2.47. The summed E-state index contributed by atoms with van der Waals surface area (Å²) in [5, 5.41) is 11.8. The zero-order valence-corrected chi connectivity index (χ0v) is 14.1. The van der Waals surface area contributed by atoms with Crippen molar-refractivity contribution in [3.8, 4) is 0 Å². The molecule has 1 N–H and O–H groups in total. The second-order valence-corrected chi connectivity index (χ2v) is 6.73. The zero-order chi connectivity index (χ0) is 16.4. The minimum atomic E-state index is 0.0825. The second kappa shape index (κ2) is 6.71. The maximum atomic E-state index is 12.2. The van der Waals surface area contributed by atoms with Gasteiger partial charge in [-0.3, -0.25) is 4.79 Å². The third-order valence-electron chi connectivity index (χ3n) is 4.28. The lowest BCUT2D eigenvalue weighted by molar-refractivity contribution is -0.122. The van der Waals surface area contributed by atoms with Crippen LogP contribution >= 0.6 is 11.6 Å². The molecule has 0 aliphatic heterocycles. The Morgan fingerprint density at radius 2 is 2.13 bits per heavy atom. The van der Waals surface area contributed by atoms with Crippen molar-refractivity contribution >= 4 is 17.5 Å². The van der Waals surface area contributed by atoms with Gasteiger partial charge in [-0.05, 0) is 43.9 Å². The minimum absolute atomic E-state index is 0.0825. The average Bonchev–Trinajstić information content (AvgIpc) is 3.18. The number of hydrogen-bond acceptors (Lipinski definition) is 3. The predicted octanol–water partition coefficient (Wildman–Crippen LogP) is 2.97. The summed E-state index contributed by atoms with van der Waals surface area (Å²) in [6.45, 7) is 4.77. The summed E-state index contributed by atoms with van der Waals surface area (Å²) in [5.74, 6) is 1.44. The van der Waals surface area contributed by atoms with E-state index in [1.54, 1.807) is 6.33 Å². The van der Waals surface area contributed by atoms with E-state index in [1.165, 1.54) is 5.56 Å². The van der Waals surface area contributed by atoms with Crippen molar-refractivity contribution in [2.75, 3.05) is 6.54 Å². The molecule has 3 rings (SSSR count). The molecule has 0 saturated heterocycles. The van der Waals surface area contributed by atoms with Crippen molar-refractivity contribution in [2.45, 2.75) is 38.6 Å². The molecule has 1 heterocycles. The molecule has 6 heteroatoms. The maximum absolute atomic E-state index is 12.2. The summed E-state index contributed by atoms with van der Waals surface area (Å²) in [6.07, 6.45) is 3.34. The third-order valence-corrected chi connectivity index (χ3v) is 4.53. The largest absolute Gasteiger partial charge is 0.355 e. The van der Waals surface area contributed by atoms with Crippen LogP contribution in [0.1, 0.15) is 43.6 Å². The Hall–Kier alpha value is -1.88. The molecule has 23 heavy (non-hydrogen) atoms. The van der Waals surface area contributed by atoms with Crippen molar-refractivity contribution in [1.29, 1.82) is 0 Å². The number of aromatic nitrogens is 3. The second-order valence-electron chi connectivity index (χ2n) is 6.29. The summed E-state index contributed by atoms with van der Waals surface area (Å²) in [7, 11) is 0. The number of rotatable bonds is 6. The van der Waals surface area contributed by atoms with E-state index in [9.17, 15) is 4.79 Å². The Morgan fingerprint density at radius 3 is 2.83 bits per heavy atom. The van der Waals surface area contributed by atoms with Gasteiger partial charge in [0.25, 0.3) is 0 Å². The summed E-state index contributed by atoms with van der Waals surface area (Å²) in [6, 6.07) is 8.09. The van der Waals surface area contributed by atoms with Crippen LogP contribution in [0.3, 0.4) is 0 Å². The number of amides is 1. The Bertz CT molecular complexity index is 680. The average molecular weight is 333 g/mol. The molecule has 1 fully saturated rings. The molecule has 2 aromatic rings. The van der Waals surface area contributed by atoms with E-state index in [0.717, 1.165) is 17.3 Å². The van der Waals surface area contributed by atoms with Crippen LogP contribution < -0.4 is 5.32 Å². The monoisotopic (exact) mass is 332 g/mol. The topological polar surface area (TPSA) is 59.8 Å². The molecule has 0 bridgehead atoms. The normalized spacial score (nSPS) is 19.8. The molecule has 1 aromatic heterocycles. The first-order valence-corrected chi connectivity index (χ1v) is 8.35. The molecule has 122 valence electrons. The van der Waals surface area contributed by atoms with Gasteiger partial charge in [0, 0.05) is 29.9 Å². The maximum Gasteiger partial charge on any atom is 0.223 e. The number of hydrogen-bond donors (Lipinski definition) is 1. The molecule has 1 aromatic carbocycles.